The highest BCUT2D eigenvalue weighted by molar-refractivity contribution is 5.77. The lowest BCUT2D eigenvalue weighted by atomic mass is 10.2. The molecule has 0 saturated heterocycles. The van der Waals surface area contributed by atoms with Crippen LogP contribution in [0.5, 0.6) is 5.75 Å². The number of aromatic nitrogens is 1. The Bertz CT molecular complexity index is 592. The first kappa shape index (κ1) is 21.6. The van der Waals surface area contributed by atoms with Crippen molar-refractivity contribution in [3.05, 3.63) is 72.4 Å². The number of hydrogen-bond acceptors (Lipinski definition) is 3. The van der Waals surface area contributed by atoms with Crippen molar-refractivity contribution in [3.8, 4) is 5.75 Å². The van der Waals surface area contributed by atoms with Crippen LogP contribution in [-0.2, 0) is 0 Å². The predicted molar refractivity (Wildman–Crippen MR) is 106 cm³/mol. The van der Waals surface area contributed by atoms with Gasteiger partial charge in [0.15, 0.2) is 0 Å². The molecule has 0 bridgehead atoms. The molecule has 3 rings (SSSR count). The third kappa shape index (κ3) is 9.59. The predicted octanol–water partition coefficient (Wildman–Crippen LogP) is 5.14. The third-order valence-corrected chi connectivity index (χ3v) is 2.63. The first-order valence-electron chi connectivity index (χ1n) is 8.16. The smallest absolute Gasteiger partial charge is 0.118 e. The van der Waals surface area contributed by atoms with E-state index in [0.29, 0.717) is 5.75 Å². The average molecular weight is 326 g/mol. The maximum absolute atomic E-state index is 8.92. The van der Waals surface area contributed by atoms with Crippen molar-refractivity contribution >= 4 is 10.9 Å². The van der Waals surface area contributed by atoms with Crippen molar-refractivity contribution in [1.82, 2.24) is 9.88 Å². The van der Waals surface area contributed by atoms with Gasteiger partial charge in [0.25, 0.3) is 0 Å². The lowest BCUT2D eigenvalue weighted by Crippen LogP contribution is -1.99. The summed E-state index contributed by atoms with van der Waals surface area (Å²) >= 11 is 0. The van der Waals surface area contributed by atoms with Gasteiger partial charge in [-0.2, -0.15) is 0 Å². The first-order chi connectivity index (χ1) is 11.5. The fraction of sp³-hybridized carbons (Fsp3) is 0.286. The molecule has 3 nitrogen and oxygen atoms in total. The molecule has 0 aliphatic heterocycles. The van der Waals surface area contributed by atoms with Crippen molar-refractivity contribution in [2.45, 2.75) is 20.8 Å². The van der Waals surface area contributed by atoms with Crippen LogP contribution in [0.4, 0.5) is 0 Å². The first-order valence-corrected chi connectivity index (χ1v) is 8.16. The number of phenols is 1. The quantitative estimate of drug-likeness (QED) is 0.621. The summed E-state index contributed by atoms with van der Waals surface area (Å²) < 4.78 is 0. The molecule has 24 heavy (non-hydrogen) atoms. The summed E-state index contributed by atoms with van der Waals surface area (Å²) in [5, 5.41) is 10.1. The van der Waals surface area contributed by atoms with Crippen molar-refractivity contribution < 1.29 is 5.11 Å². The van der Waals surface area contributed by atoms with E-state index >= 15 is 0 Å². The summed E-state index contributed by atoms with van der Waals surface area (Å²) in [5.74, 6) is 0.368. The molecular weight excluding hydrogens is 296 g/mol. The molecule has 0 unspecified atom stereocenters. The van der Waals surface area contributed by atoms with E-state index in [0.717, 1.165) is 11.1 Å². The maximum Gasteiger partial charge on any atom is 0.118 e. The van der Waals surface area contributed by atoms with Gasteiger partial charge in [-0.1, -0.05) is 56.3 Å². The molecule has 130 valence electrons. The summed E-state index contributed by atoms with van der Waals surface area (Å²) in [7, 11) is 6.00. The zero-order valence-electron chi connectivity index (χ0n) is 15.7. The second kappa shape index (κ2) is 13.1. The third-order valence-electron chi connectivity index (χ3n) is 2.63. The number of fused-ring (bicyclic) bond motifs is 1. The molecule has 1 aromatic heterocycles. The summed E-state index contributed by atoms with van der Waals surface area (Å²) in [6.07, 6.45) is 1.81. The van der Waals surface area contributed by atoms with Crippen LogP contribution in [0.1, 0.15) is 19.4 Å². The van der Waals surface area contributed by atoms with E-state index in [1.165, 1.54) is 5.39 Å². The highest BCUT2D eigenvalue weighted by Gasteiger charge is 1.87. The fourth-order valence-electron chi connectivity index (χ4n) is 1.58. The van der Waals surface area contributed by atoms with Gasteiger partial charge in [-0.15, -0.1) is 0 Å². The number of hydrogen-bond donors (Lipinski definition) is 1. The topological polar surface area (TPSA) is 36.4 Å². The zero-order valence-corrected chi connectivity index (χ0v) is 15.7. The van der Waals surface area contributed by atoms with Gasteiger partial charge < -0.3 is 10.0 Å². The van der Waals surface area contributed by atoms with Gasteiger partial charge in [-0.3, -0.25) is 4.98 Å². The number of rotatable bonds is 0. The van der Waals surface area contributed by atoms with Gasteiger partial charge in [-0.25, -0.2) is 0 Å². The second-order valence-electron chi connectivity index (χ2n) is 5.32. The van der Waals surface area contributed by atoms with E-state index < -0.39 is 0 Å². The van der Waals surface area contributed by atoms with Crippen LogP contribution in [0, 0.1) is 6.92 Å². The minimum atomic E-state index is 0.368. The molecule has 1 N–H and O–H groups in total. The molecule has 2 aromatic carbocycles. The van der Waals surface area contributed by atoms with Gasteiger partial charge >= 0.3 is 0 Å². The molecule has 0 amide bonds. The number of phenolic OH excluding ortho intramolecular Hbond substituents is 1. The van der Waals surface area contributed by atoms with E-state index in [2.05, 4.69) is 17.1 Å². The van der Waals surface area contributed by atoms with Gasteiger partial charge in [0.1, 0.15) is 5.75 Å². The second-order valence-corrected chi connectivity index (χ2v) is 5.32. The van der Waals surface area contributed by atoms with Crippen molar-refractivity contribution in [1.29, 1.82) is 0 Å². The lowest BCUT2D eigenvalue weighted by molar-refractivity contribution is 0.471. The van der Waals surface area contributed by atoms with Crippen LogP contribution in [0.15, 0.2) is 66.9 Å². The van der Waals surface area contributed by atoms with E-state index in [-0.39, 0.29) is 0 Å². The van der Waals surface area contributed by atoms with Crippen LogP contribution in [-0.4, -0.2) is 36.1 Å². The molecule has 0 fully saturated rings. The number of pyridine rings is 1. The molecule has 3 aromatic rings. The number of benzene rings is 2. The Morgan fingerprint density at radius 1 is 0.792 bits per heavy atom. The molecule has 0 saturated carbocycles. The van der Waals surface area contributed by atoms with E-state index in [4.69, 9.17) is 5.11 Å². The monoisotopic (exact) mass is 326 g/mol. The van der Waals surface area contributed by atoms with E-state index in [1.54, 1.807) is 6.07 Å². The molecule has 0 radical (unpaired) electrons. The number of nitrogens with zero attached hydrogens (tertiary/aromatic N) is 2. The van der Waals surface area contributed by atoms with Gasteiger partial charge in [0.2, 0.25) is 0 Å². The van der Waals surface area contributed by atoms with Crippen LogP contribution < -0.4 is 0 Å². The van der Waals surface area contributed by atoms with Crippen molar-refractivity contribution in [2.75, 3.05) is 21.1 Å². The molecule has 1 heterocycles. The molecule has 0 aliphatic rings. The molecule has 0 spiro atoms. The molecule has 0 aliphatic carbocycles. The standard InChI is InChI=1S/C9H7N.C7H8O.C3H9N.C2H6/c1-2-6-9-8(4-1)5-3-7-10-9;1-6-4-2-3-5-7(6)8;1-4(2)3;1-2/h1-7H;2-5,8H,1H3;1-3H3;1-2H3. The largest absolute Gasteiger partial charge is 0.508 e. The Kier molecular flexibility index (Phi) is 11.8. The molecule has 3 heteroatoms. The number of aromatic hydroxyl groups is 1. The SMILES string of the molecule is CC.CN(C)C.Cc1ccccc1O.c1ccc2ncccc2c1. The average Bonchev–Trinajstić information content (AvgIpc) is 2.60. The Morgan fingerprint density at radius 2 is 1.29 bits per heavy atom. The highest BCUT2D eigenvalue weighted by Crippen LogP contribution is 2.12. The van der Waals surface area contributed by atoms with Crippen LogP contribution in [0.2, 0.25) is 0 Å². The van der Waals surface area contributed by atoms with Crippen molar-refractivity contribution in [3.63, 3.8) is 0 Å². The fourth-order valence-corrected chi connectivity index (χ4v) is 1.58. The van der Waals surface area contributed by atoms with E-state index in [1.807, 2.05) is 95.5 Å². The zero-order chi connectivity index (χ0) is 18.4. The van der Waals surface area contributed by atoms with Crippen LogP contribution in [0.3, 0.4) is 0 Å². The minimum absolute atomic E-state index is 0.368. The van der Waals surface area contributed by atoms with Gasteiger partial charge in [-0.05, 0) is 51.8 Å². The van der Waals surface area contributed by atoms with Gasteiger partial charge in [0.05, 0.1) is 5.52 Å². The highest BCUT2D eigenvalue weighted by atomic mass is 16.3. The van der Waals surface area contributed by atoms with Crippen LogP contribution >= 0.6 is 0 Å². The summed E-state index contributed by atoms with van der Waals surface area (Å²) in [5.41, 5.74) is 1.98. The normalized spacial score (nSPS) is 8.96. The summed E-state index contributed by atoms with van der Waals surface area (Å²) in [6, 6.07) is 19.3. The lowest BCUT2D eigenvalue weighted by Gasteiger charge is -1.92. The Morgan fingerprint density at radius 3 is 1.79 bits per heavy atom. The Hall–Kier alpha value is -2.39. The number of aryl methyl sites for hydroxylation is 1. The Labute approximate surface area is 146 Å². The van der Waals surface area contributed by atoms with Crippen LogP contribution in [0.25, 0.3) is 10.9 Å². The maximum atomic E-state index is 8.92. The molecular formula is C21H30N2O. The van der Waals surface area contributed by atoms with E-state index in [9.17, 15) is 0 Å². The molecule has 0 atom stereocenters. The van der Waals surface area contributed by atoms with Crippen molar-refractivity contribution in [2.24, 2.45) is 0 Å². The van der Waals surface area contributed by atoms with Gasteiger partial charge in [0, 0.05) is 11.6 Å². The summed E-state index contributed by atoms with van der Waals surface area (Å²) in [6.45, 7) is 5.87. The Balaban J connectivity index is 0.000000341. The minimum Gasteiger partial charge on any atom is -0.508 e. The summed E-state index contributed by atoms with van der Waals surface area (Å²) in [4.78, 5) is 6.18. The number of para-hydroxylation sites is 2.